The van der Waals surface area contributed by atoms with Crippen LogP contribution in [0.15, 0.2) is 121 Å². The molecule has 0 bridgehead atoms. The Balaban J connectivity index is 0.00000324. The predicted octanol–water partition coefficient (Wildman–Crippen LogP) is 0.223. The summed E-state index contributed by atoms with van der Waals surface area (Å²) in [6.45, 7) is -0.0863. The summed E-state index contributed by atoms with van der Waals surface area (Å²) >= 11 is 0. The Morgan fingerprint density at radius 1 is 0.559 bits per heavy atom. The normalized spacial score (nSPS) is 10.9. The number of carbonyl (C=O) groups is 1. The molecule has 0 saturated carbocycles. The Kier molecular flexibility index (Phi) is 10.9. The van der Waals surface area contributed by atoms with E-state index in [1.165, 1.54) is 21.2 Å². The molecule has 0 amide bonds. The maximum absolute atomic E-state index is 11.8. The fourth-order valence-corrected chi connectivity index (χ4v) is 8.52. The fraction of sp³-hybridized carbons (Fsp3) is 0.107. The van der Waals surface area contributed by atoms with Crippen molar-refractivity contribution in [1.29, 1.82) is 0 Å². The molecule has 0 aliphatic heterocycles. The van der Waals surface area contributed by atoms with Gasteiger partial charge in [-0.1, -0.05) is 121 Å². The van der Waals surface area contributed by atoms with E-state index in [9.17, 15) is 9.90 Å². The van der Waals surface area contributed by atoms with Gasteiger partial charge < -0.3 is 9.90 Å². The van der Waals surface area contributed by atoms with E-state index in [1.807, 2.05) is 24.3 Å². The molecule has 0 heterocycles. The first-order valence-corrected chi connectivity index (χ1v) is 13.9. The third kappa shape index (κ3) is 7.59. The van der Waals surface area contributed by atoms with E-state index in [-0.39, 0.29) is 36.1 Å². The largest absolute Gasteiger partial charge is 1.00 e. The molecule has 0 radical (unpaired) electrons. The van der Waals surface area contributed by atoms with Crippen molar-refractivity contribution >= 4 is 43.0 Å². The average molecular weight is 493 g/mol. The van der Waals surface area contributed by atoms with Gasteiger partial charge in [0.15, 0.2) is 0 Å². The van der Waals surface area contributed by atoms with Crippen LogP contribution in [0.3, 0.4) is 0 Å². The number of benzene rings is 4. The number of nitrogens with zero attached hydrogens (tertiary/aromatic N) is 1. The fourth-order valence-electron chi connectivity index (χ4n) is 3.78. The van der Waals surface area contributed by atoms with Crippen LogP contribution in [0.25, 0.3) is 0 Å². The first-order chi connectivity index (χ1) is 16.2. The number of aliphatic carboxylic acids is 1. The van der Waals surface area contributed by atoms with Gasteiger partial charge in [0.2, 0.25) is 0 Å². The molecule has 4 aromatic carbocycles. The number of carboxylic acids is 1. The molecule has 0 atom stereocenters. The van der Waals surface area contributed by atoms with Crippen molar-refractivity contribution in [3.05, 3.63) is 121 Å². The van der Waals surface area contributed by atoms with Crippen LogP contribution >= 0.6 is 15.8 Å². The molecule has 0 aliphatic carbocycles. The van der Waals surface area contributed by atoms with Gasteiger partial charge >= 0.3 is 29.6 Å². The average Bonchev–Trinajstić information content (AvgIpc) is 2.87. The molecule has 0 unspecified atom stereocenters. The molecular formula is C28H26NNaO2P2. The van der Waals surface area contributed by atoms with Crippen LogP contribution in [0, 0.1) is 0 Å². The van der Waals surface area contributed by atoms with Crippen LogP contribution < -0.4 is 55.9 Å². The van der Waals surface area contributed by atoms with Gasteiger partial charge in [-0.3, -0.25) is 4.90 Å². The smallest absolute Gasteiger partial charge is 0.549 e. The molecule has 0 fully saturated rings. The molecule has 0 aromatic heterocycles. The molecule has 4 aromatic rings. The second-order valence-electron chi connectivity index (χ2n) is 7.68. The minimum Gasteiger partial charge on any atom is -0.549 e. The molecule has 3 nitrogen and oxygen atoms in total. The van der Waals surface area contributed by atoms with E-state index < -0.39 is 21.8 Å². The summed E-state index contributed by atoms with van der Waals surface area (Å²) in [7, 11) is -1.49. The molecule has 0 N–H and O–H groups in total. The summed E-state index contributed by atoms with van der Waals surface area (Å²) in [5.41, 5.74) is 0. The van der Waals surface area contributed by atoms with E-state index in [0.717, 1.165) is 0 Å². The molecule has 0 saturated heterocycles. The number of carboxylic acid groups (broad SMARTS) is 1. The summed E-state index contributed by atoms with van der Waals surface area (Å²) < 4.78 is 0. The van der Waals surface area contributed by atoms with Crippen molar-refractivity contribution in [3.8, 4) is 0 Å². The van der Waals surface area contributed by atoms with Crippen LogP contribution in [0.2, 0.25) is 0 Å². The standard InChI is InChI=1S/C28H27NO2P2.Na/c30-28(31)21-29(22-32(24-13-5-1-6-14-24)25-15-7-2-8-16-25)23-33(26-17-9-3-10-18-26)27-19-11-4-12-20-27;/h1-20H,21-23H2,(H,30,31);/q;+1/p-1. The Morgan fingerprint density at radius 3 is 1.06 bits per heavy atom. The van der Waals surface area contributed by atoms with Gasteiger partial charge in [-0.25, -0.2) is 0 Å². The van der Waals surface area contributed by atoms with Crippen molar-refractivity contribution in [3.63, 3.8) is 0 Å². The van der Waals surface area contributed by atoms with Crippen LogP contribution in [0.1, 0.15) is 0 Å². The summed E-state index contributed by atoms with van der Waals surface area (Å²) in [6, 6.07) is 41.7. The topological polar surface area (TPSA) is 43.4 Å². The van der Waals surface area contributed by atoms with Gasteiger partial charge in [0.05, 0.1) is 5.97 Å². The maximum atomic E-state index is 11.8. The Bertz CT molecular complexity index is 968. The first kappa shape index (κ1) is 26.8. The van der Waals surface area contributed by atoms with Gasteiger partial charge in [-0.05, 0) is 37.1 Å². The summed E-state index contributed by atoms with van der Waals surface area (Å²) in [6.07, 6.45) is 1.33. The number of rotatable bonds is 10. The summed E-state index contributed by atoms with van der Waals surface area (Å²) in [5, 5.41) is 16.7. The van der Waals surface area contributed by atoms with E-state index in [0.29, 0.717) is 12.6 Å². The molecule has 34 heavy (non-hydrogen) atoms. The van der Waals surface area contributed by atoms with Crippen molar-refractivity contribution in [2.45, 2.75) is 0 Å². The minimum absolute atomic E-state index is 0. The Morgan fingerprint density at radius 2 is 0.824 bits per heavy atom. The van der Waals surface area contributed by atoms with Gasteiger partial charge in [0.25, 0.3) is 0 Å². The quantitative estimate of drug-likeness (QED) is 0.235. The van der Waals surface area contributed by atoms with Crippen LogP contribution in [-0.2, 0) is 4.79 Å². The van der Waals surface area contributed by atoms with Crippen LogP contribution in [-0.4, -0.2) is 30.0 Å². The van der Waals surface area contributed by atoms with Gasteiger partial charge in [0, 0.05) is 19.1 Å². The Hall–Kier alpha value is -1.83. The van der Waals surface area contributed by atoms with Crippen molar-refractivity contribution < 1.29 is 39.5 Å². The van der Waals surface area contributed by atoms with Crippen LogP contribution in [0.4, 0.5) is 0 Å². The second kappa shape index (κ2) is 13.9. The van der Waals surface area contributed by atoms with Crippen LogP contribution in [0.5, 0.6) is 0 Å². The van der Waals surface area contributed by atoms with Crippen molar-refractivity contribution in [2.75, 3.05) is 19.1 Å². The summed E-state index contributed by atoms with van der Waals surface area (Å²) in [5.74, 6) is -1.04. The number of hydrogen-bond acceptors (Lipinski definition) is 3. The minimum atomic E-state index is -1.04. The Labute approximate surface area is 226 Å². The van der Waals surface area contributed by atoms with E-state index in [1.54, 1.807) is 0 Å². The van der Waals surface area contributed by atoms with Crippen molar-refractivity contribution in [2.24, 2.45) is 0 Å². The van der Waals surface area contributed by atoms with E-state index >= 15 is 0 Å². The monoisotopic (exact) mass is 493 g/mol. The first-order valence-electron chi connectivity index (χ1n) is 10.9. The van der Waals surface area contributed by atoms with Gasteiger partial charge in [-0.2, -0.15) is 0 Å². The second-order valence-corrected chi connectivity index (χ2v) is 12.0. The molecule has 166 valence electrons. The predicted molar refractivity (Wildman–Crippen MR) is 140 cm³/mol. The molecule has 0 aliphatic rings. The third-order valence-electron chi connectivity index (χ3n) is 5.31. The molecule has 4 rings (SSSR count). The third-order valence-corrected chi connectivity index (χ3v) is 10.4. The number of hydrogen-bond donors (Lipinski definition) is 0. The molecular weight excluding hydrogens is 467 g/mol. The van der Waals surface area contributed by atoms with Crippen molar-refractivity contribution in [1.82, 2.24) is 4.90 Å². The van der Waals surface area contributed by atoms with E-state index in [4.69, 9.17) is 0 Å². The zero-order chi connectivity index (χ0) is 22.9. The zero-order valence-electron chi connectivity index (χ0n) is 19.3. The molecule has 0 spiro atoms. The molecule has 6 heteroatoms. The SMILES string of the molecule is O=C([O-])CN(CP(c1ccccc1)c1ccccc1)CP(c1ccccc1)c1ccccc1.[Na+]. The van der Waals surface area contributed by atoms with E-state index in [2.05, 4.69) is 102 Å². The number of carbonyl (C=O) groups excluding carboxylic acids is 1. The zero-order valence-corrected chi connectivity index (χ0v) is 23.1. The van der Waals surface area contributed by atoms with Gasteiger partial charge in [-0.15, -0.1) is 0 Å². The maximum Gasteiger partial charge on any atom is 1.00 e. The summed E-state index contributed by atoms with van der Waals surface area (Å²) in [4.78, 5) is 13.9. The van der Waals surface area contributed by atoms with Gasteiger partial charge in [0.1, 0.15) is 0 Å².